The van der Waals surface area contributed by atoms with Gasteiger partial charge in [-0.3, -0.25) is 4.68 Å². The number of carbonyl (C=O) groups excluding carboxylic acids is 1. The monoisotopic (exact) mass is 444 g/mol. The fourth-order valence-electron chi connectivity index (χ4n) is 2.83. The molecule has 0 aliphatic carbocycles. The Balaban J connectivity index is 1.65. The number of rotatable bonds is 6. The molecule has 0 fully saturated rings. The Morgan fingerprint density at radius 1 is 1.14 bits per heavy atom. The molecule has 28 heavy (non-hydrogen) atoms. The molecule has 7 nitrogen and oxygen atoms in total. The van der Waals surface area contributed by atoms with Crippen molar-refractivity contribution in [3.63, 3.8) is 0 Å². The maximum absolute atomic E-state index is 12.3. The minimum Gasteiger partial charge on any atom is -0.493 e. The number of nitrogens with one attached hydrogen (secondary N) is 2. The highest BCUT2D eigenvalue weighted by molar-refractivity contribution is 9.10. The van der Waals surface area contributed by atoms with Crippen LogP contribution >= 0.6 is 15.9 Å². The molecule has 0 saturated carbocycles. The summed E-state index contributed by atoms with van der Waals surface area (Å²) in [5.74, 6) is 1.27. The quantitative estimate of drug-likeness (QED) is 0.597. The molecule has 0 atom stereocenters. The molecule has 8 heteroatoms. The molecule has 0 saturated heterocycles. The number of amides is 2. The lowest BCUT2D eigenvalue weighted by atomic mass is 10.1. The molecule has 0 unspecified atom stereocenters. The maximum Gasteiger partial charge on any atom is 0.319 e. The number of ether oxygens (including phenoxy) is 2. The van der Waals surface area contributed by atoms with Crippen molar-refractivity contribution in [1.82, 2.24) is 15.1 Å². The van der Waals surface area contributed by atoms with Gasteiger partial charge in [-0.2, -0.15) is 5.10 Å². The Labute approximate surface area is 171 Å². The number of aromatic nitrogens is 2. The number of carbonyl (C=O) groups is 1. The molecule has 1 aromatic heterocycles. The van der Waals surface area contributed by atoms with E-state index in [-0.39, 0.29) is 6.03 Å². The van der Waals surface area contributed by atoms with Gasteiger partial charge in [-0.15, -0.1) is 0 Å². The van der Waals surface area contributed by atoms with Crippen LogP contribution in [0.15, 0.2) is 53.1 Å². The second-order valence-electron chi connectivity index (χ2n) is 6.04. The van der Waals surface area contributed by atoms with Crippen molar-refractivity contribution in [2.75, 3.05) is 19.5 Å². The Hall–Kier alpha value is -3.00. The zero-order valence-electron chi connectivity index (χ0n) is 15.8. The van der Waals surface area contributed by atoms with Crippen LogP contribution in [-0.2, 0) is 13.6 Å². The number of halogens is 1. The summed E-state index contributed by atoms with van der Waals surface area (Å²) in [6, 6.07) is 12.8. The predicted molar refractivity (Wildman–Crippen MR) is 112 cm³/mol. The fraction of sp³-hybridized carbons (Fsp3) is 0.200. The van der Waals surface area contributed by atoms with Crippen LogP contribution in [0.25, 0.3) is 11.3 Å². The summed E-state index contributed by atoms with van der Waals surface area (Å²) in [5, 5.41) is 9.92. The van der Waals surface area contributed by atoms with Crippen LogP contribution in [-0.4, -0.2) is 30.0 Å². The number of methoxy groups -OCH3 is 2. The topological polar surface area (TPSA) is 77.4 Å². The van der Waals surface area contributed by atoms with E-state index in [1.165, 1.54) is 0 Å². The van der Waals surface area contributed by atoms with Gasteiger partial charge in [0.05, 0.1) is 30.6 Å². The number of aryl methyl sites for hydroxylation is 1. The summed E-state index contributed by atoms with van der Waals surface area (Å²) in [5.41, 5.74) is 3.48. The number of hydrogen-bond donors (Lipinski definition) is 2. The van der Waals surface area contributed by atoms with Crippen molar-refractivity contribution in [3.8, 4) is 22.8 Å². The highest BCUT2D eigenvalue weighted by Crippen LogP contribution is 2.29. The first-order valence-electron chi connectivity index (χ1n) is 8.55. The third-order valence-corrected chi connectivity index (χ3v) is 4.77. The Bertz CT molecular complexity index is 968. The minimum atomic E-state index is -0.295. The summed E-state index contributed by atoms with van der Waals surface area (Å²) < 4.78 is 13.2. The smallest absolute Gasteiger partial charge is 0.319 e. The second kappa shape index (κ2) is 8.79. The summed E-state index contributed by atoms with van der Waals surface area (Å²) in [6.45, 7) is 0.360. The average Bonchev–Trinajstić information content (AvgIpc) is 3.04. The molecule has 0 aliphatic heterocycles. The zero-order valence-corrected chi connectivity index (χ0v) is 17.4. The third-order valence-electron chi connectivity index (χ3n) is 4.19. The Morgan fingerprint density at radius 2 is 1.93 bits per heavy atom. The van der Waals surface area contributed by atoms with Crippen molar-refractivity contribution < 1.29 is 14.3 Å². The van der Waals surface area contributed by atoms with Crippen LogP contribution in [0.5, 0.6) is 11.5 Å². The first kappa shape index (κ1) is 19.8. The van der Waals surface area contributed by atoms with E-state index in [2.05, 4.69) is 31.7 Å². The molecule has 2 N–H and O–H groups in total. The van der Waals surface area contributed by atoms with Crippen molar-refractivity contribution in [2.24, 2.45) is 7.05 Å². The van der Waals surface area contributed by atoms with E-state index in [4.69, 9.17) is 9.47 Å². The van der Waals surface area contributed by atoms with Crippen molar-refractivity contribution >= 4 is 27.6 Å². The number of benzene rings is 2. The second-order valence-corrected chi connectivity index (χ2v) is 6.90. The lowest BCUT2D eigenvalue weighted by Crippen LogP contribution is -2.28. The molecule has 0 radical (unpaired) electrons. The normalized spacial score (nSPS) is 10.4. The Kier molecular flexibility index (Phi) is 6.20. The van der Waals surface area contributed by atoms with Crippen molar-refractivity contribution in [1.29, 1.82) is 0 Å². The van der Waals surface area contributed by atoms with E-state index < -0.39 is 0 Å². The van der Waals surface area contributed by atoms with Crippen LogP contribution in [0, 0.1) is 0 Å². The number of hydrogen-bond acceptors (Lipinski definition) is 4. The van der Waals surface area contributed by atoms with Gasteiger partial charge in [0.25, 0.3) is 0 Å². The fourth-order valence-corrected chi connectivity index (χ4v) is 3.41. The molecular formula is C20H21BrN4O3. The Morgan fingerprint density at radius 3 is 2.61 bits per heavy atom. The number of urea groups is 1. The molecule has 0 spiro atoms. The van der Waals surface area contributed by atoms with E-state index in [1.807, 2.05) is 49.5 Å². The first-order chi connectivity index (χ1) is 13.5. The van der Waals surface area contributed by atoms with E-state index in [9.17, 15) is 4.79 Å². The lowest BCUT2D eigenvalue weighted by molar-refractivity contribution is 0.251. The molecule has 0 aliphatic rings. The van der Waals surface area contributed by atoms with Gasteiger partial charge < -0.3 is 20.1 Å². The largest absolute Gasteiger partial charge is 0.493 e. The molecular weight excluding hydrogens is 424 g/mol. The van der Waals surface area contributed by atoms with E-state index in [1.54, 1.807) is 25.1 Å². The van der Waals surface area contributed by atoms with Gasteiger partial charge in [-0.05, 0) is 45.8 Å². The van der Waals surface area contributed by atoms with Gasteiger partial charge in [-0.1, -0.05) is 18.2 Å². The summed E-state index contributed by atoms with van der Waals surface area (Å²) >= 11 is 3.50. The first-order valence-corrected chi connectivity index (χ1v) is 9.35. The molecule has 2 aromatic carbocycles. The van der Waals surface area contributed by atoms with Gasteiger partial charge in [0.1, 0.15) is 0 Å². The van der Waals surface area contributed by atoms with E-state index in [0.717, 1.165) is 21.3 Å². The predicted octanol–water partition coefficient (Wildman–Crippen LogP) is 4.19. The third kappa shape index (κ3) is 4.45. The molecule has 0 bridgehead atoms. The highest BCUT2D eigenvalue weighted by Gasteiger charge is 2.10. The summed E-state index contributed by atoms with van der Waals surface area (Å²) in [6.07, 6.45) is 1.74. The number of anilines is 1. The number of nitrogens with zero attached hydrogens (tertiary/aromatic N) is 2. The van der Waals surface area contributed by atoms with Gasteiger partial charge in [-0.25, -0.2) is 4.79 Å². The molecule has 3 aromatic rings. The highest BCUT2D eigenvalue weighted by atomic mass is 79.9. The molecule has 2 amide bonds. The molecule has 1 heterocycles. The molecule has 3 rings (SSSR count). The van der Waals surface area contributed by atoms with Gasteiger partial charge in [0.2, 0.25) is 0 Å². The van der Waals surface area contributed by atoms with E-state index in [0.29, 0.717) is 23.7 Å². The SMILES string of the molecule is COc1ccc(CNC(=O)Nc2cccc(-c3c(Br)cnn3C)c2)cc1OC. The van der Waals surface area contributed by atoms with Crippen LogP contribution in [0.3, 0.4) is 0 Å². The van der Waals surface area contributed by atoms with Crippen LogP contribution in [0.2, 0.25) is 0 Å². The summed E-state index contributed by atoms with van der Waals surface area (Å²) in [7, 11) is 5.03. The van der Waals surface area contributed by atoms with Gasteiger partial charge in [0.15, 0.2) is 11.5 Å². The zero-order chi connectivity index (χ0) is 20.1. The standard InChI is InChI=1S/C20H21BrN4O3/c1-25-19(16(21)12-23-25)14-5-4-6-15(10-14)24-20(26)22-11-13-7-8-17(27-2)18(9-13)28-3/h4-10,12H,11H2,1-3H3,(H2,22,24,26). The van der Waals surface area contributed by atoms with Crippen LogP contribution in [0.4, 0.5) is 10.5 Å². The summed E-state index contributed by atoms with van der Waals surface area (Å²) in [4.78, 5) is 12.3. The van der Waals surface area contributed by atoms with E-state index >= 15 is 0 Å². The van der Waals surface area contributed by atoms with Crippen molar-refractivity contribution in [3.05, 3.63) is 58.7 Å². The lowest BCUT2D eigenvalue weighted by Gasteiger charge is -2.12. The van der Waals surface area contributed by atoms with Crippen LogP contribution in [0.1, 0.15) is 5.56 Å². The van der Waals surface area contributed by atoms with Crippen LogP contribution < -0.4 is 20.1 Å². The minimum absolute atomic E-state index is 0.295. The maximum atomic E-state index is 12.3. The van der Waals surface area contributed by atoms with Gasteiger partial charge in [0, 0.05) is 24.8 Å². The average molecular weight is 445 g/mol. The van der Waals surface area contributed by atoms with Gasteiger partial charge >= 0.3 is 6.03 Å². The van der Waals surface area contributed by atoms with Crippen molar-refractivity contribution in [2.45, 2.75) is 6.54 Å². The molecule has 146 valence electrons.